The Kier molecular flexibility index (Phi) is 7.27. The first-order chi connectivity index (χ1) is 12.1. The van der Waals surface area contributed by atoms with E-state index in [1.54, 1.807) is 18.0 Å². The number of rotatable bonds is 9. The van der Waals surface area contributed by atoms with Gasteiger partial charge in [0.1, 0.15) is 12.1 Å². The molecule has 0 bridgehead atoms. The standard InChI is InChI=1S/C16H20N4O4S/c1-23-13-6-3-5-12(9-13)20-11-18-19-16(20)25-10-14(21)17-8-4-7-15(22)24-2/h3,5-6,9,11H,4,7-8,10H2,1-2H3,(H,17,21). The molecule has 1 N–H and O–H groups in total. The Balaban J connectivity index is 1.84. The molecule has 134 valence electrons. The van der Waals surface area contributed by atoms with Crippen LogP contribution in [0.1, 0.15) is 12.8 Å². The Hall–Kier alpha value is -2.55. The lowest BCUT2D eigenvalue weighted by atomic mass is 10.3. The van der Waals surface area contributed by atoms with Crippen LogP contribution >= 0.6 is 11.8 Å². The van der Waals surface area contributed by atoms with Gasteiger partial charge in [-0.05, 0) is 18.6 Å². The van der Waals surface area contributed by atoms with E-state index >= 15 is 0 Å². The highest BCUT2D eigenvalue weighted by molar-refractivity contribution is 7.99. The number of hydrogen-bond acceptors (Lipinski definition) is 7. The van der Waals surface area contributed by atoms with Crippen molar-refractivity contribution >= 4 is 23.6 Å². The fourth-order valence-electron chi connectivity index (χ4n) is 2.00. The maximum Gasteiger partial charge on any atom is 0.305 e. The number of ether oxygens (including phenoxy) is 2. The van der Waals surface area contributed by atoms with Crippen molar-refractivity contribution in [3.8, 4) is 11.4 Å². The Morgan fingerprint density at radius 2 is 2.16 bits per heavy atom. The van der Waals surface area contributed by atoms with Gasteiger partial charge in [-0.2, -0.15) is 0 Å². The number of carbonyl (C=O) groups is 2. The fourth-order valence-corrected chi connectivity index (χ4v) is 2.76. The molecule has 0 spiro atoms. The van der Waals surface area contributed by atoms with Crippen LogP contribution in [0.3, 0.4) is 0 Å². The Morgan fingerprint density at radius 1 is 1.32 bits per heavy atom. The van der Waals surface area contributed by atoms with E-state index in [0.29, 0.717) is 18.1 Å². The van der Waals surface area contributed by atoms with E-state index in [1.807, 2.05) is 24.3 Å². The van der Waals surface area contributed by atoms with E-state index in [-0.39, 0.29) is 24.1 Å². The van der Waals surface area contributed by atoms with Crippen LogP contribution < -0.4 is 10.1 Å². The van der Waals surface area contributed by atoms with Gasteiger partial charge in [0.25, 0.3) is 0 Å². The molecule has 9 heteroatoms. The minimum absolute atomic E-state index is 0.130. The third kappa shape index (κ3) is 5.79. The van der Waals surface area contributed by atoms with Crippen LogP contribution in [0.2, 0.25) is 0 Å². The molecule has 1 aromatic heterocycles. The number of nitrogens with one attached hydrogen (secondary N) is 1. The predicted octanol–water partition coefficient (Wildman–Crippen LogP) is 1.44. The topological polar surface area (TPSA) is 95.3 Å². The zero-order chi connectivity index (χ0) is 18.1. The van der Waals surface area contributed by atoms with Crippen LogP contribution in [0.15, 0.2) is 35.7 Å². The Labute approximate surface area is 149 Å². The SMILES string of the molecule is COC(=O)CCCNC(=O)CSc1nncn1-c1cccc(OC)c1. The third-order valence-electron chi connectivity index (χ3n) is 3.29. The van der Waals surface area contributed by atoms with E-state index in [2.05, 4.69) is 20.3 Å². The summed E-state index contributed by atoms with van der Waals surface area (Å²) in [5.41, 5.74) is 0.852. The van der Waals surface area contributed by atoms with Crippen molar-refractivity contribution in [1.82, 2.24) is 20.1 Å². The van der Waals surface area contributed by atoms with Gasteiger partial charge >= 0.3 is 5.97 Å². The number of amides is 1. The number of aromatic nitrogens is 3. The van der Waals surface area contributed by atoms with Gasteiger partial charge < -0.3 is 14.8 Å². The summed E-state index contributed by atoms with van der Waals surface area (Å²) in [5.74, 6) is 0.525. The molecular weight excluding hydrogens is 344 g/mol. The lowest BCUT2D eigenvalue weighted by Gasteiger charge is -2.08. The Bertz CT molecular complexity index is 720. The average Bonchev–Trinajstić information content (AvgIpc) is 3.12. The summed E-state index contributed by atoms with van der Waals surface area (Å²) in [7, 11) is 2.95. The molecule has 0 saturated carbocycles. The van der Waals surface area contributed by atoms with Gasteiger partial charge in [0.2, 0.25) is 5.91 Å². The molecule has 0 aliphatic heterocycles. The van der Waals surface area contributed by atoms with Gasteiger partial charge in [-0.25, -0.2) is 0 Å². The second-order valence-corrected chi connectivity index (χ2v) is 5.95. The molecule has 8 nitrogen and oxygen atoms in total. The molecular formula is C16H20N4O4S. The highest BCUT2D eigenvalue weighted by atomic mass is 32.2. The minimum Gasteiger partial charge on any atom is -0.497 e. The average molecular weight is 364 g/mol. The van der Waals surface area contributed by atoms with Crippen molar-refractivity contribution in [3.63, 3.8) is 0 Å². The van der Waals surface area contributed by atoms with Crippen molar-refractivity contribution in [3.05, 3.63) is 30.6 Å². The second-order valence-electron chi connectivity index (χ2n) is 5.00. The van der Waals surface area contributed by atoms with Crippen LogP contribution in [0, 0.1) is 0 Å². The summed E-state index contributed by atoms with van der Waals surface area (Å²) < 4.78 is 11.5. The molecule has 1 heterocycles. The van der Waals surface area contributed by atoms with Crippen LogP contribution in [-0.2, 0) is 14.3 Å². The smallest absolute Gasteiger partial charge is 0.305 e. The number of esters is 1. The first kappa shape index (κ1) is 18.8. The van der Waals surface area contributed by atoms with Crippen molar-refractivity contribution in [1.29, 1.82) is 0 Å². The number of carbonyl (C=O) groups excluding carboxylic acids is 2. The molecule has 0 unspecified atom stereocenters. The zero-order valence-electron chi connectivity index (χ0n) is 14.1. The quantitative estimate of drug-likeness (QED) is 0.409. The molecule has 0 radical (unpaired) electrons. The molecule has 25 heavy (non-hydrogen) atoms. The van der Waals surface area contributed by atoms with Gasteiger partial charge in [0.05, 0.1) is 25.7 Å². The first-order valence-corrected chi connectivity index (χ1v) is 8.63. The molecule has 2 aromatic rings. The maximum absolute atomic E-state index is 11.9. The van der Waals surface area contributed by atoms with Gasteiger partial charge in [-0.3, -0.25) is 14.2 Å². The van der Waals surface area contributed by atoms with Crippen LogP contribution in [0.25, 0.3) is 5.69 Å². The number of hydrogen-bond donors (Lipinski definition) is 1. The third-order valence-corrected chi connectivity index (χ3v) is 4.23. The van der Waals surface area contributed by atoms with Crippen molar-refractivity contribution < 1.29 is 19.1 Å². The van der Waals surface area contributed by atoms with Gasteiger partial charge in [-0.1, -0.05) is 17.8 Å². The summed E-state index contributed by atoms with van der Waals surface area (Å²) >= 11 is 1.28. The van der Waals surface area contributed by atoms with Crippen molar-refractivity contribution in [2.24, 2.45) is 0 Å². The molecule has 1 amide bonds. The zero-order valence-corrected chi connectivity index (χ0v) is 14.9. The second kappa shape index (κ2) is 9.67. The summed E-state index contributed by atoms with van der Waals surface area (Å²) in [6, 6.07) is 7.49. The fraction of sp³-hybridized carbons (Fsp3) is 0.375. The Morgan fingerprint density at radius 3 is 2.92 bits per heavy atom. The number of methoxy groups -OCH3 is 2. The molecule has 0 fully saturated rings. The summed E-state index contributed by atoms with van der Waals surface area (Å²) in [4.78, 5) is 22.9. The molecule has 0 saturated heterocycles. The van der Waals surface area contributed by atoms with Crippen molar-refractivity contribution in [2.45, 2.75) is 18.0 Å². The minimum atomic E-state index is -0.282. The highest BCUT2D eigenvalue weighted by Crippen LogP contribution is 2.22. The van der Waals surface area contributed by atoms with Gasteiger partial charge in [0, 0.05) is 19.0 Å². The molecule has 1 aromatic carbocycles. The maximum atomic E-state index is 11.9. The molecule has 0 aliphatic rings. The number of nitrogens with zero attached hydrogens (tertiary/aromatic N) is 3. The van der Waals surface area contributed by atoms with Crippen LogP contribution in [0.4, 0.5) is 0 Å². The van der Waals surface area contributed by atoms with E-state index < -0.39 is 0 Å². The lowest BCUT2D eigenvalue weighted by molar-refractivity contribution is -0.140. The van der Waals surface area contributed by atoms with E-state index in [9.17, 15) is 9.59 Å². The molecule has 0 aliphatic carbocycles. The van der Waals surface area contributed by atoms with E-state index in [0.717, 1.165) is 11.4 Å². The van der Waals surface area contributed by atoms with Gasteiger partial charge in [-0.15, -0.1) is 10.2 Å². The summed E-state index contributed by atoms with van der Waals surface area (Å²) in [6.07, 6.45) is 2.42. The van der Waals surface area contributed by atoms with E-state index in [1.165, 1.54) is 18.9 Å². The summed E-state index contributed by atoms with van der Waals surface area (Å²) in [6.45, 7) is 0.428. The first-order valence-electron chi connectivity index (χ1n) is 7.65. The molecule has 2 rings (SSSR count). The summed E-state index contributed by atoms with van der Waals surface area (Å²) in [5, 5.41) is 11.3. The monoisotopic (exact) mass is 364 g/mol. The van der Waals surface area contributed by atoms with Crippen LogP contribution in [-0.4, -0.2) is 53.2 Å². The highest BCUT2D eigenvalue weighted by Gasteiger charge is 2.11. The van der Waals surface area contributed by atoms with Gasteiger partial charge in [0.15, 0.2) is 5.16 Å². The number of benzene rings is 1. The normalized spacial score (nSPS) is 10.3. The lowest BCUT2D eigenvalue weighted by Crippen LogP contribution is -2.26. The van der Waals surface area contributed by atoms with E-state index in [4.69, 9.17) is 4.74 Å². The number of thioether (sulfide) groups is 1. The van der Waals surface area contributed by atoms with Crippen LogP contribution in [0.5, 0.6) is 5.75 Å². The molecule has 0 atom stereocenters. The largest absolute Gasteiger partial charge is 0.497 e. The predicted molar refractivity (Wildman–Crippen MR) is 92.9 cm³/mol. The van der Waals surface area contributed by atoms with Crippen molar-refractivity contribution in [2.75, 3.05) is 26.5 Å².